The van der Waals surface area contributed by atoms with Crippen LogP contribution in [0.5, 0.6) is 0 Å². The first kappa shape index (κ1) is 11.1. The molecule has 0 radical (unpaired) electrons. The summed E-state index contributed by atoms with van der Waals surface area (Å²) in [6.07, 6.45) is 0. The van der Waals surface area contributed by atoms with Crippen LogP contribution in [0.15, 0.2) is 0 Å². The van der Waals surface area contributed by atoms with Crippen LogP contribution in [0, 0.1) is 5.41 Å². The Balaban J connectivity index is 4.57. The molecule has 0 saturated carbocycles. The molecule has 0 aromatic heterocycles. The van der Waals surface area contributed by atoms with E-state index in [0.29, 0.717) is 0 Å². The quantitative estimate of drug-likeness (QED) is 0.665. The molecule has 0 aliphatic rings. The van der Waals surface area contributed by atoms with Crippen LogP contribution >= 0.6 is 7.45 Å². The lowest BCUT2D eigenvalue weighted by Gasteiger charge is -2.29. The van der Waals surface area contributed by atoms with Crippen molar-refractivity contribution >= 4 is 7.45 Å². The molecule has 0 aromatic carbocycles. The second-order valence-corrected chi connectivity index (χ2v) is 6.33. The summed E-state index contributed by atoms with van der Waals surface area (Å²) in [6, 6.07) is 0. The molecule has 1 N–H and O–H groups in total. The van der Waals surface area contributed by atoms with Crippen molar-refractivity contribution < 1.29 is 13.9 Å². The lowest BCUT2D eigenvalue weighted by molar-refractivity contribution is 0.223. The Morgan fingerprint density at radius 1 is 1.55 bits per heavy atom. The lowest BCUT2D eigenvalue weighted by atomic mass is 9.92. The number of aliphatic hydroxyl groups is 1. The van der Waals surface area contributed by atoms with Crippen molar-refractivity contribution in [2.24, 2.45) is 5.41 Å². The predicted octanol–water partition coefficient (Wildman–Crippen LogP) is 2.27. The summed E-state index contributed by atoms with van der Waals surface area (Å²) in [5.41, 5.74) is -1.18. The van der Waals surface area contributed by atoms with Gasteiger partial charge in [-0.3, -0.25) is 4.57 Å². The fourth-order valence-electron chi connectivity index (χ4n) is 1.11. The first-order valence-corrected chi connectivity index (χ1v) is 5.68. The highest BCUT2D eigenvalue weighted by Crippen LogP contribution is 2.54. The lowest BCUT2D eigenvalue weighted by Crippen LogP contribution is -2.28. The molecule has 68 valence electrons. The molecule has 2 nitrogen and oxygen atoms in total. The molecule has 0 fully saturated rings. The fraction of sp³-hybridized carbons (Fsp3) is 1.00. The highest BCUT2D eigenvalue weighted by molar-refractivity contribution is 7.58. The van der Waals surface area contributed by atoms with Crippen LogP contribution in [0.3, 0.4) is 0 Å². The zero-order chi connectivity index (χ0) is 9.28. The normalized spacial score (nSPS) is 20.9. The molecule has 2 atom stereocenters. The smallest absolute Gasteiger partial charge is 0.247 e. The van der Waals surface area contributed by atoms with E-state index in [1.807, 2.05) is 0 Å². The monoisotopic (exact) mass is 182 g/mol. The van der Waals surface area contributed by atoms with Crippen molar-refractivity contribution in [3.63, 3.8) is 0 Å². The highest BCUT2D eigenvalue weighted by atomic mass is 31.2. The molecule has 2 unspecified atom stereocenters. The molecule has 0 amide bonds. The number of hydrogen-bond donors (Lipinski definition) is 1. The van der Waals surface area contributed by atoms with Crippen LogP contribution in [0.2, 0.25) is 0 Å². The van der Waals surface area contributed by atoms with E-state index in [-0.39, 0.29) is 6.61 Å². The Labute approximate surface area is 67.3 Å². The van der Waals surface area contributed by atoms with Crippen LogP contribution in [-0.2, 0) is 4.57 Å². The minimum Gasteiger partial charge on any atom is -0.395 e. The molecule has 0 aliphatic carbocycles. The van der Waals surface area contributed by atoms with E-state index in [1.54, 1.807) is 20.8 Å². The molecule has 11 heavy (non-hydrogen) atoms. The van der Waals surface area contributed by atoms with Gasteiger partial charge >= 0.3 is 0 Å². The van der Waals surface area contributed by atoms with Crippen molar-refractivity contribution in [3.8, 4) is 0 Å². The van der Waals surface area contributed by atoms with E-state index in [9.17, 15) is 8.76 Å². The first-order valence-electron chi connectivity index (χ1n) is 3.57. The third-order valence-electron chi connectivity index (χ3n) is 1.73. The standard InChI is InChI=1S/C7H16FO2P/c1-7(2,3)6(5-9)11(4,8)10/h6,9H,5H2,1-4H3. The maximum atomic E-state index is 12.9. The van der Waals surface area contributed by atoms with E-state index in [2.05, 4.69) is 0 Å². The molecule has 0 saturated heterocycles. The minimum atomic E-state index is -3.65. The van der Waals surface area contributed by atoms with Gasteiger partial charge in [0, 0.05) is 6.66 Å². The van der Waals surface area contributed by atoms with E-state index < -0.39 is 18.5 Å². The summed E-state index contributed by atoms with van der Waals surface area (Å²) < 4.78 is 23.9. The minimum absolute atomic E-state index is 0.353. The SMILES string of the molecule is CC(C)(C)C(CO)P(C)(=O)F. The van der Waals surface area contributed by atoms with Crippen LogP contribution in [-0.4, -0.2) is 24.0 Å². The maximum Gasteiger partial charge on any atom is 0.247 e. The van der Waals surface area contributed by atoms with Crippen molar-refractivity contribution in [2.75, 3.05) is 13.3 Å². The third-order valence-corrected chi connectivity index (χ3v) is 3.78. The van der Waals surface area contributed by atoms with E-state index in [4.69, 9.17) is 5.11 Å². The molecule has 0 aliphatic heterocycles. The Kier molecular flexibility index (Phi) is 3.27. The van der Waals surface area contributed by atoms with Crippen LogP contribution in [0.25, 0.3) is 0 Å². The average molecular weight is 182 g/mol. The van der Waals surface area contributed by atoms with Crippen LogP contribution in [0.1, 0.15) is 20.8 Å². The largest absolute Gasteiger partial charge is 0.395 e. The predicted molar refractivity (Wildman–Crippen MR) is 45.0 cm³/mol. The summed E-state index contributed by atoms with van der Waals surface area (Å²) >= 11 is 0. The van der Waals surface area contributed by atoms with Crippen molar-refractivity contribution in [3.05, 3.63) is 0 Å². The summed E-state index contributed by atoms with van der Waals surface area (Å²) in [6.45, 7) is 6.02. The Hall–Kier alpha value is 0.120. The van der Waals surface area contributed by atoms with Gasteiger partial charge in [-0.25, -0.2) is 0 Å². The van der Waals surface area contributed by atoms with Gasteiger partial charge in [0.25, 0.3) is 0 Å². The zero-order valence-electron chi connectivity index (χ0n) is 7.47. The Morgan fingerprint density at radius 3 is 1.91 bits per heavy atom. The van der Waals surface area contributed by atoms with Crippen LogP contribution < -0.4 is 0 Å². The number of hydrogen-bond acceptors (Lipinski definition) is 2. The maximum absolute atomic E-state index is 12.9. The van der Waals surface area contributed by atoms with Crippen LogP contribution in [0.4, 0.5) is 4.20 Å². The van der Waals surface area contributed by atoms with Crippen molar-refractivity contribution in [1.82, 2.24) is 0 Å². The Bertz CT molecular complexity index is 168. The summed E-state index contributed by atoms with van der Waals surface area (Å²) in [5, 5.41) is 8.79. The second-order valence-electron chi connectivity index (χ2n) is 3.95. The second kappa shape index (κ2) is 3.24. The van der Waals surface area contributed by atoms with Gasteiger partial charge in [-0.2, -0.15) is 4.20 Å². The zero-order valence-corrected chi connectivity index (χ0v) is 8.36. The third kappa shape index (κ3) is 3.35. The fourth-order valence-corrected chi connectivity index (χ4v) is 2.79. The van der Waals surface area contributed by atoms with Crippen molar-refractivity contribution in [2.45, 2.75) is 26.4 Å². The van der Waals surface area contributed by atoms with Gasteiger partial charge in [0.05, 0.1) is 12.3 Å². The number of rotatable bonds is 2. The molecular formula is C7H16FO2P. The van der Waals surface area contributed by atoms with Gasteiger partial charge < -0.3 is 5.11 Å². The molecule has 0 heterocycles. The van der Waals surface area contributed by atoms with Gasteiger partial charge in [0.1, 0.15) is 0 Å². The Morgan fingerprint density at radius 2 is 1.91 bits per heavy atom. The number of halogens is 1. The first-order chi connectivity index (χ1) is 4.69. The summed E-state index contributed by atoms with van der Waals surface area (Å²) in [4.78, 5) is 0. The van der Waals surface area contributed by atoms with Gasteiger partial charge in [-0.15, -0.1) is 0 Å². The van der Waals surface area contributed by atoms with Gasteiger partial charge in [-0.05, 0) is 5.41 Å². The van der Waals surface area contributed by atoms with Crippen molar-refractivity contribution in [1.29, 1.82) is 0 Å². The molecular weight excluding hydrogens is 166 g/mol. The highest BCUT2D eigenvalue weighted by Gasteiger charge is 2.37. The van der Waals surface area contributed by atoms with E-state index in [0.717, 1.165) is 6.66 Å². The van der Waals surface area contributed by atoms with E-state index >= 15 is 0 Å². The van der Waals surface area contributed by atoms with Gasteiger partial charge in [-0.1, -0.05) is 20.8 Å². The average Bonchev–Trinajstić information content (AvgIpc) is 1.56. The van der Waals surface area contributed by atoms with E-state index in [1.165, 1.54) is 0 Å². The molecule has 0 aromatic rings. The molecule has 0 rings (SSSR count). The van der Waals surface area contributed by atoms with Gasteiger partial charge in [0.15, 0.2) is 0 Å². The molecule has 4 heteroatoms. The summed E-state index contributed by atoms with van der Waals surface area (Å²) in [5.74, 6) is 0. The topological polar surface area (TPSA) is 37.3 Å². The van der Waals surface area contributed by atoms with Gasteiger partial charge in [0.2, 0.25) is 7.45 Å². The number of aliphatic hydroxyl groups excluding tert-OH is 1. The molecule has 0 bridgehead atoms. The molecule has 0 spiro atoms. The summed E-state index contributed by atoms with van der Waals surface area (Å²) in [7, 11) is -3.65.